The van der Waals surface area contributed by atoms with Gasteiger partial charge in [-0.2, -0.15) is 0 Å². The number of carbonyl (C=O) groups excluding carboxylic acids is 2. The number of nitrogens with two attached hydrogens (primary N) is 1. The molecule has 2 atom stereocenters. The monoisotopic (exact) mass is 365 g/mol. The van der Waals surface area contributed by atoms with Gasteiger partial charge in [-0.3, -0.25) is 9.59 Å². The van der Waals surface area contributed by atoms with E-state index in [1.165, 1.54) is 0 Å². The van der Waals surface area contributed by atoms with Gasteiger partial charge in [-0.15, -0.1) is 0 Å². The van der Waals surface area contributed by atoms with Crippen LogP contribution in [0.3, 0.4) is 0 Å². The van der Waals surface area contributed by atoms with Crippen LogP contribution in [0.15, 0.2) is 36.4 Å². The summed E-state index contributed by atoms with van der Waals surface area (Å²) in [6, 6.07) is 10.1. The molecule has 1 amide bonds. The van der Waals surface area contributed by atoms with Gasteiger partial charge >= 0.3 is 5.97 Å². The van der Waals surface area contributed by atoms with Crippen LogP contribution in [0.1, 0.15) is 42.6 Å². The Morgan fingerprint density at radius 1 is 1.16 bits per heavy atom. The first-order chi connectivity index (χ1) is 11.7. The standard InChI is InChI=1S/C18H21FNO4P/c1-18(2,3)17(22)23-10-24-25-15(19)12-6-4-11-5-7-13(16(20)21)9-14(11)8-12/h4-9,15,25H,10H2,1-3H3,(H2,20,21). The van der Waals surface area contributed by atoms with Crippen molar-refractivity contribution in [3.63, 3.8) is 0 Å². The molecule has 0 heterocycles. The summed E-state index contributed by atoms with van der Waals surface area (Å²) in [7, 11) is -0.505. The van der Waals surface area contributed by atoms with Crippen molar-refractivity contribution in [2.24, 2.45) is 11.1 Å². The number of carbonyl (C=O) groups is 2. The molecule has 2 aromatic carbocycles. The Morgan fingerprint density at radius 3 is 2.48 bits per heavy atom. The van der Waals surface area contributed by atoms with Crippen LogP contribution >= 0.6 is 8.81 Å². The van der Waals surface area contributed by atoms with Crippen LogP contribution in [0.4, 0.5) is 4.39 Å². The van der Waals surface area contributed by atoms with Crippen LogP contribution in [0.5, 0.6) is 0 Å². The van der Waals surface area contributed by atoms with Crippen molar-refractivity contribution in [1.29, 1.82) is 0 Å². The molecule has 7 heteroatoms. The van der Waals surface area contributed by atoms with Crippen molar-refractivity contribution in [2.45, 2.75) is 26.7 Å². The van der Waals surface area contributed by atoms with Crippen molar-refractivity contribution >= 4 is 31.5 Å². The Morgan fingerprint density at radius 2 is 1.84 bits per heavy atom. The molecule has 2 aromatic rings. The molecule has 0 aliphatic heterocycles. The summed E-state index contributed by atoms with van der Waals surface area (Å²) in [5.74, 6) is -2.29. The van der Waals surface area contributed by atoms with Crippen LogP contribution in [-0.2, 0) is 14.1 Å². The molecule has 0 aliphatic rings. The minimum atomic E-state index is -1.35. The number of fused-ring (bicyclic) bond motifs is 1. The normalized spacial score (nSPS) is 13.3. The lowest BCUT2D eigenvalue weighted by Gasteiger charge is -2.17. The zero-order valence-electron chi connectivity index (χ0n) is 14.3. The van der Waals surface area contributed by atoms with E-state index in [1.807, 2.05) is 0 Å². The highest BCUT2D eigenvalue weighted by atomic mass is 31.1. The first kappa shape index (κ1) is 19.3. The lowest BCUT2D eigenvalue weighted by Crippen LogP contribution is -2.23. The average molecular weight is 365 g/mol. The van der Waals surface area contributed by atoms with E-state index in [-0.39, 0.29) is 6.79 Å². The molecule has 0 aliphatic carbocycles. The number of esters is 1. The van der Waals surface area contributed by atoms with E-state index in [2.05, 4.69) is 0 Å². The summed E-state index contributed by atoms with van der Waals surface area (Å²) < 4.78 is 24.4. The predicted molar refractivity (Wildman–Crippen MR) is 96.1 cm³/mol. The maximum Gasteiger partial charge on any atom is 0.313 e. The molecule has 0 bridgehead atoms. The van der Waals surface area contributed by atoms with E-state index in [0.717, 1.165) is 10.8 Å². The summed E-state index contributed by atoms with van der Waals surface area (Å²) in [6.07, 6.45) is 0. The van der Waals surface area contributed by atoms with Crippen molar-refractivity contribution in [1.82, 2.24) is 0 Å². The second-order valence-corrected chi connectivity index (χ2v) is 7.64. The highest BCUT2D eigenvalue weighted by molar-refractivity contribution is 7.32. The Labute approximate surface area is 147 Å². The number of hydrogen-bond donors (Lipinski definition) is 1. The van der Waals surface area contributed by atoms with Gasteiger partial charge in [0.1, 0.15) is 0 Å². The molecule has 5 nitrogen and oxygen atoms in total. The first-order valence-electron chi connectivity index (χ1n) is 7.70. The van der Waals surface area contributed by atoms with Gasteiger partial charge in [0.25, 0.3) is 0 Å². The number of halogens is 1. The number of benzene rings is 2. The SMILES string of the molecule is CC(C)(C)C(=O)OCOPC(F)c1ccc2ccc(C(N)=O)cc2c1. The predicted octanol–water partition coefficient (Wildman–Crippen LogP) is 4.06. The number of hydrogen-bond acceptors (Lipinski definition) is 4. The number of amides is 1. The second kappa shape index (κ2) is 7.89. The molecule has 2 N–H and O–H groups in total. The lowest BCUT2D eigenvalue weighted by atomic mass is 9.98. The molecule has 0 radical (unpaired) electrons. The van der Waals surface area contributed by atoms with Gasteiger partial charge in [0.2, 0.25) is 5.91 Å². The van der Waals surface area contributed by atoms with E-state index in [0.29, 0.717) is 11.1 Å². The molecule has 0 saturated carbocycles. The number of primary amides is 1. The minimum absolute atomic E-state index is 0.283. The number of alkyl halides is 1. The summed E-state index contributed by atoms with van der Waals surface area (Å²) in [6.45, 7) is 4.90. The molecular formula is C18H21FNO4P. The van der Waals surface area contributed by atoms with Crippen LogP contribution in [0, 0.1) is 5.41 Å². The summed E-state index contributed by atoms with van der Waals surface area (Å²) in [5.41, 5.74) is 5.43. The molecule has 0 saturated heterocycles. The van der Waals surface area contributed by atoms with E-state index in [9.17, 15) is 14.0 Å². The van der Waals surface area contributed by atoms with Gasteiger partial charge in [-0.05, 0) is 55.3 Å². The molecule has 0 spiro atoms. The Bertz CT molecular complexity index is 788. The third-order valence-corrected chi connectivity index (χ3v) is 4.31. The quantitative estimate of drug-likeness (QED) is 0.362. The van der Waals surface area contributed by atoms with Crippen LogP contribution in [0.2, 0.25) is 0 Å². The third-order valence-electron chi connectivity index (χ3n) is 3.49. The smallest absolute Gasteiger partial charge is 0.313 e. The number of ether oxygens (including phenoxy) is 1. The van der Waals surface area contributed by atoms with Gasteiger partial charge in [0.15, 0.2) is 12.7 Å². The van der Waals surface area contributed by atoms with E-state index < -0.39 is 32.0 Å². The third kappa shape index (κ3) is 5.21. The first-order valence-corrected chi connectivity index (χ1v) is 8.69. The van der Waals surface area contributed by atoms with Gasteiger partial charge in [-0.25, -0.2) is 4.39 Å². The van der Waals surface area contributed by atoms with Gasteiger partial charge in [0.05, 0.1) is 14.2 Å². The summed E-state index contributed by atoms with van der Waals surface area (Å²) in [5, 5.41) is 1.60. The second-order valence-electron chi connectivity index (χ2n) is 6.61. The molecule has 134 valence electrons. The van der Waals surface area contributed by atoms with Crippen molar-refractivity contribution in [3.05, 3.63) is 47.5 Å². The van der Waals surface area contributed by atoms with Gasteiger partial charge in [0, 0.05) is 5.56 Å². The minimum Gasteiger partial charge on any atom is -0.438 e. The zero-order chi connectivity index (χ0) is 18.6. The maximum atomic E-state index is 14.3. The molecule has 2 rings (SSSR count). The summed E-state index contributed by atoms with van der Waals surface area (Å²) >= 11 is 0. The summed E-state index contributed by atoms with van der Waals surface area (Å²) in [4.78, 5) is 22.8. The lowest BCUT2D eigenvalue weighted by molar-refractivity contribution is -0.159. The topological polar surface area (TPSA) is 78.6 Å². The average Bonchev–Trinajstić information content (AvgIpc) is 2.56. The van der Waals surface area contributed by atoms with Crippen molar-refractivity contribution in [2.75, 3.05) is 6.79 Å². The Hall–Kier alpha value is -2.04. The molecule has 0 fully saturated rings. The molecule has 25 heavy (non-hydrogen) atoms. The molecule has 0 aromatic heterocycles. The van der Waals surface area contributed by atoms with Crippen LogP contribution in [-0.4, -0.2) is 18.7 Å². The van der Waals surface area contributed by atoms with Crippen molar-refractivity contribution in [3.8, 4) is 0 Å². The van der Waals surface area contributed by atoms with E-state index in [4.69, 9.17) is 15.0 Å². The number of rotatable bonds is 6. The molecular weight excluding hydrogens is 344 g/mol. The molecule has 2 unspecified atom stereocenters. The van der Waals surface area contributed by atoms with E-state index >= 15 is 0 Å². The Balaban J connectivity index is 1.98. The van der Waals surface area contributed by atoms with Crippen LogP contribution in [0.25, 0.3) is 10.8 Å². The van der Waals surface area contributed by atoms with Gasteiger partial charge < -0.3 is 15.0 Å². The van der Waals surface area contributed by atoms with Crippen molar-refractivity contribution < 1.29 is 23.2 Å². The fourth-order valence-electron chi connectivity index (χ4n) is 2.05. The fourth-order valence-corrected chi connectivity index (χ4v) is 2.64. The van der Waals surface area contributed by atoms with E-state index in [1.54, 1.807) is 57.2 Å². The zero-order valence-corrected chi connectivity index (χ0v) is 15.3. The fraction of sp³-hybridized carbons (Fsp3) is 0.333. The van der Waals surface area contributed by atoms with Crippen LogP contribution < -0.4 is 5.73 Å². The Kier molecular flexibility index (Phi) is 6.09. The van der Waals surface area contributed by atoms with Gasteiger partial charge in [-0.1, -0.05) is 18.2 Å². The maximum absolute atomic E-state index is 14.3. The largest absolute Gasteiger partial charge is 0.438 e. The highest BCUT2D eigenvalue weighted by Gasteiger charge is 2.23. The highest BCUT2D eigenvalue weighted by Crippen LogP contribution is 2.37.